The number of carbonyl (C=O) groups excluding carboxylic acids is 1. The van der Waals surface area contributed by atoms with E-state index in [-0.39, 0.29) is 17.2 Å². The van der Waals surface area contributed by atoms with Gasteiger partial charge in [-0.3, -0.25) is 14.2 Å². The number of unbranched alkanes of at least 4 members (excludes halogenated alkanes) is 2. The normalized spacial score (nSPS) is 15.5. The molecule has 7 heteroatoms. The molecular formula is C19H26N4O3. The fraction of sp³-hybridized carbons (Fsp3) is 0.526. The van der Waals surface area contributed by atoms with Gasteiger partial charge in [0.15, 0.2) is 0 Å². The smallest absolute Gasteiger partial charge is 0.328 e. The van der Waals surface area contributed by atoms with Gasteiger partial charge in [-0.25, -0.2) is 4.79 Å². The SMILES string of the molecule is CN1CCN(C(=O)CCCCCn2c(=O)[nH]c3ccccc3c2=O)CC1. The summed E-state index contributed by atoms with van der Waals surface area (Å²) >= 11 is 0. The van der Waals surface area contributed by atoms with Crippen LogP contribution in [0.2, 0.25) is 0 Å². The summed E-state index contributed by atoms with van der Waals surface area (Å²) in [5.41, 5.74) is -0.0587. The Hall–Kier alpha value is -2.41. The second-order valence-corrected chi connectivity index (χ2v) is 6.93. The van der Waals surface area contributed by atoms with Crippen LogP contribution in [0, 0.1) is 0 Å². The third kappa shape index (κ3) is 4.22. The molecule has 3 rings (SSSR count). The van der Waals surface area contributed by atoms with Crippen molar-refractivity contribution in [2.24, 2.45) is 0 Å². The summed E-state index contributed by atoms with van der Waals surface area (Å²) in [6.45, 7) is 3.84. The van der Waals surface area contributed by atoms with E-state index < -0.39 is 0 Å². The summed E-state index contributed by atoms with van der Waals surface area (Å²) in [4.78, 5) is 43.6. The average Bonchev–Trinajstić information content (AvgIpc) is 2.64. The standard InChI is InChI=1S/C19H26N4O3/c1-21-11-13-22(14-12-21)17(24)9-3-2-6-10-23-18(25)15-7-4-5-8-16(15)20-19(23)26/h4-5,7-8H,2-3,6,9-14H2,1H3,(H,20,26). The maximum atomic E-state index is 12.4. The van der Waals surface area contributed by atoms with Crippen molar-refractivity contribution in [3.63, 3.8) is 0 Å². The second-order valence-electron chi connectivity index (χ2n) is 6.93. The van der Waals surface area contributed by atoms with Gasteiger partial charge in [-0.2, -0.15) is 0 Å². The summed E-state index contributed by atoms with van der Waals surface area (Å²) in [6, 6.07) is 7.03. The van der Waals surface area contributed by atoms with Gasteiger partial charge < -0.3 is 14.8 Å². The number of aromatic nitrogens is 2. The van der Waals surface area contributed by atoms with Crippen LogP contribution in [0.4, 0.5) is 0 Å². The Kier molecular flexibility index (Phi) is 5.88. The number of carbonyl (C=O) groups is 1. The molecule has 0 aliphatic carbocycles. The number of nitrogens with zero attached hydrogens (tertiary/aromatic N) is 3. The number of hydrogen-bond donors (Lipinski definition) is 1. The first-order valence-corrected chi connectivity index (χ1v) is 9.24. The van der Waals surface area contributed by atoms with Crippen LogP contribution in [-0.4, -0.2) is 58.5 Å². The summed E-state index contributed by atoms with van der Waals surface area (Å²) < 4.78 is 1.25. The van der Waals surface area contributed by atoms with E-state index in [1.54, 1.807) is 24.3 Å². The number of hydrogen-bond acceptors (Lipinski definition) is 4. The molecule has 0 unspecified atom stereocenters. The lowest BCUT2D eigenvalue weighted by molar-refractivity contribution is -0.132. The fourth-order valence-electron chi connectivity index (χ4n) is 3.34. The van der Waals surface area contributed by atoms with Crippen molar-refractivity contribution < 1.29 is 4.79 Å². The van der Waals surface area contributed by atoms with Crippen LogP contribution in [0.1, 0.15) is 25.7 Å². The molecule has 1 fully saturated rings. The number of H-pyrrole nitrogens is 1. The van der Waals surface area contributed by atoms with Crippen molar-refractivity contribution in [2.75, 3.05) is 33.2 Å². The molecule has 1 amide bonds. The number of piperazine rings is 1. The first-order chi connectivity index (χ1) is 12.6. The molecule has 7 nitrogen and oxygen atoms in total. The maximum Gasteiger partial charge on any atom is 0.328 e. The van der Waals surface area contributed by atoms with Crippen LogP contribution < -0.4 is 11.2 Å². The lowest BCUT2D eigenvalue weighted by Crippen LogP contribution is -2.47. The Balaban J connectivity index is 1.48. The van der Waals surface area contributed by atoms with E-state index in [9.17, 15) is 14.4 Å². The Morgan fingerprint density at radius 3 is 2.54 bits per heavy atom. The lowest BCUT2D eigenvalue weighted by Gasteiger charge is -2.32. The van der Waals surface area contributed by atoms with E-state index in [0.717, 1.165) is 39.0 Å². The van der Waals surface area contributed by atoms with Crippen molar-refractivity contribution in [2.45, 2.75) is 32.2 Å². The third-order valence-electron chi connectivity index (χ3n) is 5.02. The molecule has 0 atom stereocenters. The van der Waals surface area contributed by atoms with Crippen LogP contribution in [0.5, 0.6) is 0 Å². The largest absolute Gasteiger partial charge is 0.340 e. The summed E-state index contributed by atoms with van der Waals surface area (Å²) in [5.74, 6) is 0.207. The van der Waals surface area contributed by atoms with Gasteiger partial charge in [0.25, 0.3) is 5.56 Å². The van der Waals surface area contributed by atoms with Crippen molar-refractivity contribution in [1.29, 1.82) is 0 Å². The third-order valence-corrected chi connectivity index (χ3v) is 5.02. The quantitative estimate of drug-likeness (QED) is 0.782. The summed E-state index contributed by atoms with van der Waals surface area (Å²) in [7, 11) is 2.07. The molecule has 0 spiro atoms. The number of para-hydroxylation sites is 1. The zero-order valence-corrected chi connectivity index (χ0v) is 15.2. The molecule has 140 valence electrons. The van der Waals surface area contributed by atoms with Crippen molar-refractivity contribution in [3.05, 3.63) is 45.1 Å². The van der Waals surface area contributed by atoms with Crippen LogP contribution >= 0.6 is 0 Å². The number of amides is 1. The van der Waals surface area contributed by atoms with Crippen LogP contribution in [0.3, 0.4) is 0 Å². The van der Waals surface area contributed by atoms with Gasteiger partial charge in [0.05, 0.1) is 10.9 Å². The van der Waals surface area contributed by atoms with Gasteiger partial charge in [0, 0.05) is 39.1 Å². The van der Waals surface area contributed by atoms with Crippen LogP contribution in [0.15, 0.2) is 33.9 Å². The number of aromatic amines is 1. The van der Waals surface area contributed by atoms with E-state index in [0.29, 0.717) is 30.3 Å². The zero-order valence-electron chi connectivity index (χ0n) is 15.2. The van der Waals surface area contributed by atoms with E-state index >= 15 is 0 Å². The van der Waals surface area contributed by atoms with Crippen molar-refractivity contribution in [1.82, 2.24) is 19.4 Å². The molecule has 26 heavy (non-hydrogen) atoms. The van der Waals surface area contributed by atoms with E-state index in [2.05, 4.69) is 16.9 Å². The highest BCUT2D eigenvalue weighted by atomic mass is 16.2. The van der Waals surface area contributed by atoms with Gasteiger partial charge >= 0.3 is 5.69 Å². The molecule has 1 N–H and O–H groups in total. The second kappa shape index (κ2) is 8.31. The molecule has 1 aliphatic rings. The monoisotopic (exact) mass is 358 g/mol. The minimum absolute atomic E-state index is 0.207. The molecule has 1 aliphatic heterocycles. The van der Waals surface area contributed by atoms with Gasteiger partial charge in [-0.05, 0) is 32.0 Å². The Bertz CT molecular complexity index is 878. The maximum absolute atomic E-state index is 12.4. The van der Waals surface area contributed by atoms with E-state index in [1.807, 2.05) is 4.90 Å². The van der Waals surface area contributed by atoms with Gasteiger partial charge in [-0.15, -0.1) is 0 Å². The Morgan fingerprint density at radius 1 is 1.04 bits per heavy atom. The molecule has 1 aromatic heterocycles. The molecule has 1 saturated heterocycles. The predicted molar refractivity (Wildman–Crippen MR) is 101 cm³/mol. The van der Waals surface area contributed by atoms with Gasteiger partial charge in [0.2, 0.25) is 5.91 Å². The topological polar surface area (TPSA) is 78.4 Å². The molecule has 0 radical (unpaired) electrons. The van der Waals surface area contributed by atoms with Crippen LogP contribution in [-0.2, 0) is 11.3 Å². The highest BCUT2D eigenvalue weighted by Crippen LogP contribution is 2.08. The summed E-state index contributed by atoms with van der Waals surface area (Å²) in [6.07, 6.45) is 2.84. The first-order valence-electron chi connectivity index (χ1n) is 9.24. The molecule has 0 bridgehead atoms. The fourth-order valence-corrected chi connectivity index (χ4v) is 3.34. The van der Waals surface area contributed by atoms with Gasteiger partial charge in [0.1, 0.15) is 0 Å². The Morgan fingerprint density at radius 2 is 1.77 bits per heavy atom. The van der Waals surface area contributed by atoms with Gasteiger partial charge in [-0.1, -0.05) is 18.6 Å². The van der Waals surface area contributed by atoms with Crippen molar-refractivity contribution in [3.8, 4) is 0 Å². The number of likely N-dealkylation sites (N-methyl/N-ethyl adjacent to an activating group) is 1. The van der Waals surface area contributed by atoms with Crippen molar-refractivity contribution >= 4 is 16.8 Å². The molecule has 0 saturated carbocycles. The predicted octanol–water partition coefficient (Wildman–Crippen LogP) is 1.02. The minimum Gasteiger partial charge on any atom is -0.340 e. The highest BCUT2D eigenvalue weighted by Gasteiger charge is 2.18. The minimum atomic E-state index is -0.373. The van der Waals surface area contributed by atoms with E-state index in [4.69, 9.17) is 0 Å². The Labute approximate surface area is 152 Å². The number of fused-ring (bicyclic) bond motifs is 1. The molecule has 1 aromatic carbocycles. The highest BCUT2D eigenvalue weighted by molar-refractivity contribution is 5.77. The number of benzene rings is 1. The zero-order chi connectivity index (χ0) is 18.5. The number of nitrogens with one attached hydrogen (secondary N) is 1. The van der Waals surface area contributed by atoms with Crippen LogP contribution in [0.25, 0.3) is 10.9 Å². The molecule has 2 aromatic rings. The lowest BCUT2D eigenvalue weighted by atomic mass is 10.1. The first kappa shape index (κ1) is 18.4. The average molecular weight is 358 g/mol. The van der Waals surface area contributed by atoms with E-state index in [1.165, 1.54) is 4.57 Å². The number of rotatable bonds is 6. The molecular weight excluding hydrogens is 332 g/mol. The summed E-state index contributed by atoms with van der Waals surface area (Å²) in [5, 5.41) is 0.525. The molecule has 2 heterocycles.